The van der Waals surface area contributed by atoms with Gasteiger partial charge in [0.1, 0.15) is 11.7 Å². The zero-order valence-electron chi connectivity index (χ0n) is 9.53. The van der Waals surface area contributed by atoms with Gasteiger partial charge in [0.25, 0.3) is 0 Å². The maximum atomic E-state index is 12.7. The summed E-state index contributed by atoms with van der Waals surface area (Å²) in [5.74, 6) is -0.444. The van der Waals surface area contributed by atoms with Gasteiger partial charge < -0.3 is 16.0 Å². The summed E-state index contributed by atoms with van der Waals surface area (Å²) in [6.45, 7) is 2.29. The lowest BCUT2D eigenvalue weighted by atomic mass is 10.3. The van der Waals surface area contributed by atoms with E-state index in [0.29, 0.717) is 12.2 Å². The average molecular weight is 238 g/mol. The number of nitrogens with two attached hydrogens (primary N) is 1. The largest absolute Gasteiger partial charge is 0.386 e. The number of anilines is 1. The topological polar surface area (TPSA) is 82.2 Å². The molecular formula is C11H15FN4O. The number of nitrogens with zero attached hydrogens (tertiary/aromatic N) is 1. The number of amidine groups is 1. The first-order chi connectivity index (χ1) is 8.02. The van der Waals surface area contributed by atoms with E-state index in [-0.39, 0.29) is 24.2 Å². The first kappa shape index (κ1) is 13.0. The van der Waals surface area contributed by atoms with Gasteiger partial charge >= 0.3 is 6.03 Å². The van der Waals surface area contributed by atoms with Crippen molar-refractivity contribution in [2.75, 3.05) is 18.4 Å². The summed E-state index contributed by atoms with van der Waals surface area (Å²) in [5, 5.41) is 9.73. The number of amides is 2. The molecule has 0 atom stereocenters. The van der Waals surface area contributed by atoms with Crippen LogP contribution >= 0.6 is 0 Å². The predicted molar refractivity (Wildman–Crippen MR) is 64.6 cm³/mol. The van der Waals surface area contributed by atoms with Crippen LogP contribution in [0.15, 0.2) is 24.3 Å². The number of rotatable bonds is 4. The third-order valence-electron chi connectivity index (χ3n) is 2.13. The maximum Gasteiger partial charge on any atom is 0.322 e. The van der Waals surface area contributed by atoms with Crippen LogP contribution in [-0.2, 0) is 0 Å². The Kier molecular flexibility index (Phi) is 4.45. The molecule has 5 nitrogen and oxygen atoms in total. The van der Waals surface area contributed by atoms with Gasteiger partial charge in [-0.05, 0) is 31.2 Å². The van der Waals surface area contributed by atoms with Gasteiger partial charge in [-0.1, -0.05) is 0 Å². The summed E-state index contributed by atoms with van der Waals surface area (Å²) in [6, 6.07) is 5.09. The first-order valence-electron chi connectivity index (χ1n) is 5.17. The third-order valence-corrected chi connectivity index (χ3v) is 2.13. The fraction of sp³-hybridized carbons (Fsp3) is 0.273. The van der Waals surface area contributed by atoms with Crippen LogP contribution in [0, 0.1) is 11.2 Å². The van der Waals surface area contributed by atoms with E-state index >= 15 is 0 Å². The lowest BCUT2D eigenvalue weighted by Crippen LogP contribution is -2.40. The maximum absolute atomic E-state index is 12.7. The highest BCUT2D eigenvalue weighted by Crippen LogP contribution is 2.09. The molecule has 92 valence electrons. The van der Waals surface area contributed by atoms with Crippen molar-refractivity contribution in [1.82, 2.24) is 4.90 Å². The van der Waals surface area contributed by atoms with E-state index < -0.39 is 0 Å². The number of likely N-dealkylation sites (N-methyl/N-ethyl adjacent to an activating group) is 1. The molecule has 0 aliphatic heterocycles. The molecule has 0 aromatic heterocycles. The van der Waals surface area contributed by atoms with E-state index in [1.165, 1.54) is 29.2 Å². The first-order valence-corrected chi connectivity index (χ1v) is 5.17. The number of benzene rings is 1. The van der Waals surface area contributed by atoms with E-state index in [1.54, 1.807) is 6.92 Å². The van der Waals surface area contributed by atoms with E-state index in [1.807, 2.05) is 0 Å². The molecule has 0 bridgehead atoms. The fourth-order valence-electron chi connectivity index (χ4n) is 1.27. The molecule has 0 fully saturated rings. The minimum Gasteiger partial charge on any atom is -0.386 e. The number of carbonyl (C=O) groups is 1. The van der Waals surface area contributed by atoms with Gasteiger partial charge in [-0.25, -0.2) is 9.18 Å². The molecule has 0 saturated heterocycles. The lowest BCUT2D eigenvalue weighted by molar-refractivity contribution is 0.221. The van der Waals surface area contributed by atoms with Crippen LogP contribution in [0.5, 0.6) is 0 Å². The van der Waals surface area contributed by atoms with Crippen LogP contribution in [0.4, 0.5) is 14.9 Å². The monoisotopic (exact) mass is 238 g/mol. The smallest absolute Gasteiger partial charge is 0.322 e. The highest BCUT2D eigenvalue weighted by Gasteiger charge is 2.12. The lowest BCUT2D eigenvalue weighted by Gasteiger charge is -2.20. The highest BCUT2D eigenvalue weighted by molar-refractivity contribution is 5.92. The van der Waals surface area contributed by atoms with Crippen molar-refractivity contribution in [2.45, 2.75) is 6.92 Å². The van der Waals surface area contributed by atoms with Crippen molar-refractivity contribution >= 4 is 17.6 Å². The Bertz CT molecular complexity index is 404. The molecule has 1 rings (SSSR count). The molecule has 0 radical (unpaired) electrons. The third kappa shape index (κ3) is 4.10. The zero-order chi connectivity index (χ0) is 12.8. The van der Waals surface area contributed by atoms with E-state index in [4.69, 9.17) is 11.1 Å². The second-order valence-electron chi connectivity index (χ2n) is 3.48. The number of nitrogens with one attached hydrogen (secondary N) is 2. The summed E-state index contributed by atoms with van der Waals surface area (Å²) in [7, 11) is 0. The van der Waals surface area contributed by atoms with Crippen molar-refractivity contribution < 1.29 is 9.18 Å². The normalized spacial score (nSPS) is 9.76. The van der Waals surface area contributed by atoms with Crippen LogP contribution < -0.4 is 11.1 Å². The molecule has 2 amide bonds. The summed E-state index contributed by atoms with van der Waals surface area (Å²) in [5.41, 5.74) is 5.73. The fourth-order valence-corrected chi connectivity index (χ4v) is 1.27. The molecule has 1 aromatic rings. The molecule has 0 aliphatic rings. The van der Waals surface area contributed by atoms with Gasteiger partial charge in [0.15, 0.2) is 0 Å². The van der Waals surface area contributed by atoms with Crippen LogP contribution in [0.1, 0.15) is 6.92 Å². The van der Waals surface area contributed by atoms with Crippen molar-refractivity contribution in [3.05, 3.63) is 30.1 Å². The highest BCUT2D eigenvalue weighted by atomic mass is 19.1. The minimum absolute atomic E-state index is 0.0729. The van der Waals surface area contributed by atoms with Crippen molar-refractivity contribution in [2.24, 2.45) is 5.73 Å². The second-order valence-corrected chi connectivity index (χ2v) is 3.48. The van der Waals surface area contributed by atoms with Crippen molar-refractivity contribution in [3.63, 3.8) is 0 Å². The predicted octanol–water partition coefficient (Wildman–Crippen LogP) is 1.62. The molecule has 0 spiro atoms. The molecule has 4 N–H and O–H groups in total. The van der Waals surface area contributed by atoms with Crippen LogP contribution in [0.2, 0.25) is 0 Å². The van der Waals surface area contributed by atoms with E-state index in [2.05, 4.69) is 5.32 Å². The SMILES string of the molecule is CCN(CC(=N)N)C(=O)Nc1ccc(F)cc1. The van der Waals surface area contributed by atoms with Crippen molar-refractivity contribution in [3.8, 4) is 0 Å². The summed E-state index contributed by atoms with van der Waals surface area (Å²) >= 11 is 0. The molecular weight excluding hydrogens is 223 g/mol. The van der Waals surface area contributed by atoms with Gasteiger partial charge in [-0.2, -0.15) is 0 Å². The Morgan fingerprint density at radius 2 is 2.06 bits per heavy atom. The Hall–Kier alpha value is -2.11. The Balaban J connectivity index is 2.63. The Morgan fingerprint density at radius 3 is 2.53 bits per heavy atom. The van der Waals surface area contributed by atoms with Crippen LogP contribution in [0.25, 0.3) is 0 Å². The van der Waals surface area contributed by atoms with Crippen molar-refractivity contribution in [1.29, 1.82) is 5.41 Å². The number of carbonyl (C=O) groups excluding carboxylic acids is 1. The zero-order valence-corrected chi connectivity index (χ0v) is 9.53. The van der Waals surface area contributed by atoms with E-state index in [0.717, 1.165) is 0 Å². The quantitative estimate of drug-likeness (QED) is 0.550. The Labute approximate surface area is 98.9 Å². The second kappa shape index (κ2) is 5.83. The number of urea groups is 1. The Morgan fingerprint density at radius 1 is 1.47 bits per heavy atom. The minimum atomic E-state index is -0.366. The number of hydrogen-bond donors (Lipinski definition) is 3. The molecule has 6 heteroatoms. The van der Waals surface area contributed by atoms with Gasteiger partial charge in [-0.15, -0.1) is 0 Å². The number of halogens is 1. The molecule has 1 aromatic carbocycles. The molecule has 0 saturated carbocycles. The van der Waals surface area contributed by atoms with E-state index in [9.17, 15) is 9.18 Å². The average Bonchev–Trinajstić information content (AvgIpc) is 2.28. The standard InChI is InChI=1S/C11H15FN4O/c1-2-16(7-10(13)14)11(17)15-9-5-3-8(12)4-6-9/h3-6H,2,7H2,1H3,(H3,13,14)(H,15,17). The summed E-state index contributed by atoms with van der Waals surface area (Å²) in [6.07, 6.45) is 0. The molecule has 0 heterocycles. The van der Waals surface area contributed by atoms with Gasteiger partial charge in [0, 0.05) is 12.2 Å². The number of hydrogen-bond acceptors (Lipinski definition) is 2. The molecule has 0 aliphatic carbocycles. The van der Waals surface area contributed by atoms with Gasteiger partial charge in [0.05, 0.1) is 6.54 Å². The van der Waals surface area contributed by atoms with Crippen LogP contribution in [0.3, 0.4) is 0 Å². The summed E-state index contributed by atoms with van der Waals surface area (Å²) < 4.78 is 12.7. The molecule has 17 heavy (non-hydrogen) atoms. The van der Waals surface area contributed by atoms with Crippen LogP contribution in [-0.4, -0.2) is 29.9 Å². The summed E-state index contributed by atoms with van der Waals surface area (Å²) in [4.78, 5) is 13.1. The van der Waals surface area contributed by atoms with Gasteiger partial charge in [0.2, 0.25) is 0 Å². The van der Waals surface area contributed by atoms with Gasteiger partial charge in [-0.3, -0.25) is 5.41 Å². The molecule has 0 unspecified atom stereocenters.